The third-order valence-corrected chi connectivity index (χ3v) is 4.02. The van der Waals surface area contributed by atoms with E-state index in [1.807, 2.05) is 33.8 Å². The van der Waals surface area contributed by atoms with Gasteiger partial charge in [-0.1, -0.05) is 19.9 Å². The van der Waals surface area contributed by atoms with Gasteiger partial charge in [0.1, 0.15) is 0 Å². The molecule has 1 aliphatic rings. The number of hydrogen-bond acceptors (Lipinski definition) is 5. The highest BCUT2D eigenvalue weighted by Gasteiger charge is 2.40. The fourth-order valence-corrected chi connectivity index (χ4v) is 2.82. The average Bonchev–Trinajstić information content (AvgIpc) is 2.49. The minimum Gasteiger partial charge on any atom is -0.489 e. The van der Waals surface area contributed by atoms with Gasteiger partial charge >= 0.3 is 0 Å². The van der Waals surface area contributed by atoms with Crippen molar-refractivity contribution < 1.29 is 19.1 Å². The summed E-state index contributed by atoms with van der Waals surface area (Å²) in [5.74, 6) is -0.604. The van der Waals surface area contributed by atoms with Gasteiger partial charge in [0.15, 0.2) is 0 Å². The van der Waals surface area contributed by atoms with Gasteiger partial charge in [-0.3, -0.25) is 9.59 Å². The summed E-state index contributed by atoms with van der Waals surface area (Å²) >= 11 is 0. The zero-order valence-corrected chi connectivity index (χ0v) is 15.1. The number of ketones is 2. The molecule has 0 bridgehead atoms. The van der Waals surface area contributed by atoms with E-state index in [4.69, 9.17) is 9.47 Å². The number of allylic oxidation sites excluding steroid dienone is 4. The fourth-order valence-electron chi connectivity index (χ4n) is 2.82. The maximum Gasteiger partial charge on any atom is 0.228 e. The van der Waals surface area contributed by atoms with E-state index in [1.165, 1.54) is 14.2 Å². The first-order valence-corrected chi connectivity index (χ1v) is 7.74. The van der Waals surface area contributed by atoms with Crippen molar-refractivity contribution in [1.29, 1.82) is 0 Å². The van der Waals surface area contributed by atoms with Crippen molar-refractivity contribution in [1.82, 2.24) is 5.32 Å². The minimum atomic E-state index is -0.490. The number of Topliss-reactive ketones (excluding diaryl/α,β-unsaturated/α-hetero) is 2. The zero-order valence-electron chi connectivity index (χ0n) is 15.1. The number of carbonyl (C=O) groups is 2. The smallest absolute Gasteiger partial charge is 0.228 e. The third kappa shape index (κ3) is 3.84. The predicted octanol–water partition coefficient (Wildman–Crippen LogP) is 2.89. The van der Waals surface area contributed by atoms with Gasteiger partial charge in [-0.25, -0.2) is 0 Å². The lowest BCUT2D eigenvalue weighted by atomic mass is 9.73. The number of nitrogens with one attached hydrogen (secondary N) is 1. The Morgan fingerprint density at radius 1 is 1.13 bits per heavy atom. The van der Waals surface area contributed by atoms with Crippen molar-refractivity contribution >= 4 is 11.6 Å². The summed E-state index contributed by atoms with van der Waals surface area (Å²) in [6, 6.07) is 0. The van der Waals surface area contributed by atoms with E-state index < -0.39 is 5.41 Å². The van der Waals surface area contributed by atoms with Crippen LogP contribution in [-0.2, 0) is 19.1 Å². The number of rotatable bonds is 7. The molecule has 0 amide bonds. The van der Waals surface area contributed by atoms with E-state index in [-0.39, 0.29) is 23.1 Å². The number of hydrogen-bond donors (Lipinski definition) is 1. The summed E-state index contributed by atoms with van der Waals surface area (Å²) in [5, 5.41) is 3.23. The van der Waals surface area contributed by atoms with Crippen LogP contribution < -0.4 is 5.32 Å². The summed E-state index contributed by atoms with van der Waals surface area (Å²) < 4.78 is 10.2. The minimum absolute atomic E-state index is 0.0152. The lowest BCUT2D eigenvalue weighted by molar-refractivity contribution is -0.121. The monoisotopic (exact) mass is 321 g/mol. The molecule has 0 saturated carbocycles. The molecule has 0 atom stereocenters. The van der Waals surface area contributed by atoms with Gasteiger partial charge in [-0.15, -0.1) is 0 Å². The second-order valence-corrected chi connectivity index (χ2v) is 6.23. The van der Waals surface area contributed by atoms with Crippen molar-refractivity contribution in [3.8, 4) is 0 Å². The largest absolute Gasteiger partial charge is 0.489 e. The van der Waals surface area contributed by atoms with Gasteiger partial charge < -0.3 is 14.8 Å². The topological polar surface area (TPSA) is 64.6 Å². The van der Waals surface area contributed by atoms with Crippen molar-refractivity contribution in [2.24, 2.45) is 5.41 Å². The van der Waals surface area contributed by atoms with Crippen molar-refractivity contribution in [2.75, 3.05) is 20.8 Å². The van der Waals surface area contributed by atoms with Gasteiger partial charge in [-0.2, -0.15) is 0 Å². The Morgan fingerprint density at radius 2 is 1.65 bits per heavy atom. The van der Waals surface area contributed by atoms with E-state index in [1.54, 1.807) is 6.92 Å². The highest BCUT2D eigenvalue weighted by atomic mass is 16.5. The maximum absolute atomic E-state index is 12.8. The zero-order chi connectivity index (χ0) is 17.8. The third-order valence-electron chi connectivity index (χ3n) is 4.02. The van der Waals surface area contributed by atoms with E-state index >= 15 is 0 Å². The summed E-state index contributed by atoms with van der Waals surface area (Å²) in [5.41, 5.74) is 1.47. The highest BCUT2D eigenvalue weighted by Crippen LogP contribution is 2.39. The van der Waals surface area contributed by atoms with Crippen LogP contribution in [0.1, 0.15) is 41.0 Å². The fraction of sp³-hybridized carbons (Fsp3) is 0.556. The first-order valence-electron chi connectivity index (χ1n) is 7.74. The van der Waals surface area contributed by atoms with Crippen LogP contribution in [0.5, 0.6) is 0 Å². The molecule has 128 valence electrons. The molecule has 0 aromatic rings. The van der Waals surface area contributed by atoms with Gasteiger partial charge in [0.2, 0.25) is 23.1 Å². The Bertz CT molecular complexity index is 594. The van der Waals surface area contributed by atoms with Gasteiger partial charge in [0, 0.05) is 23.4 Å². The molecule has 0 fully saturated rings. The Hall–Kier alpha value is -2.04. The molecule has 0 aromatic heterocycles. The maximum atomic E-state index is 12.8. The Labute approximate surface area is 138 Å². The quantitative estimate of drug-likeness (QED) is 0.730. The van der Waals surface area contributed by atoms with Crippen LogP contribution in [0.4, 0.5) is 0 Å². The second-order valence-electron chi connectivity index (χ2n) is 6.23. The molecule has 1 aliphatic carbocycles. The van der Waals surface area contributed by atoms with Gasteiger partial charge in [0.05, 0.1) is 14.2 Å². The molecule has 0 spiro atoms. The molecule has 0 unspecified atom stereocenters. The van der Waals surface area contributed by atoms with E-state index in [2.05, 4.69) is 5.32 Å². The molecular formula is C18H27NO4. The summed E-state index contributed by atoms with van der Waals surface area (Å²) in [4.78, 5) is 25.3. The van der Waals surface area contributed by atoms with Crippen molar-refractivity contribution in [3.05, 3.63) is 34.4 Å². The van der Waals surface area contributed by atoms with Crippen LogP contribution in [-0.4, -0.2) is 32.3 Å². The van der Waals surface area contributed by atoms with Gasteiger partial charge in [0.25, 0.3) is 0 Å². The number of methoxy groups -OCH3 is 2. The number of carbonyl (C=O) groups excluding carboxylic acids is 2. The SMILES string of the molecule is CCN/C(C)=C/CC(C)(C)C1=C(C)C(=O)C(OC)=C(OC)C1=O. The van der Waals surface area contributed by atoms with Crippen LogP contribution in [0.15, 0.2) is 34.4 Å². The molecule has 1 rings (SSSR count). The first kappa shape index (κ1) is 19.0. The Morgan fingerprint density at radius 3 is 2.13 bits per heavy atom. The van der Waals surface area contributed by atoms with E-state index in [9.17, 15) is 9.59 Å². The summed E-state index contributed by atoms with van der Waals surface area (Å²) in [6.07, 6.45) is 2.68. The molecule has 5 nitrogen and oxygen atoms in total. The lowest BCUT2D eigenvalue weighted by Crippen LogP contribution is -2.32. The summed E-state index contributed by atoms with van der Waals surface area (Å²) in [7, 11) is 2.74. The van der Waals surface area contributed by atoms with Crippen molar-refractivity contribution in [3.63, 3.8) is 0 Å². The normalized spacial score (nSPS) is 16.9. The molecule has 0 aliphatic heterocycles. The molecular weight excluding hydrogens is 294 g/mol. The van der Waals surface area contributed by atoms with Crippen LogP contribution in [0.2, 0.25) is 0 Å². The van der Waals surface area contributed by atoms with E-state index in [0.717, 1.165) is 12.2 Å². The van der Waals surface area contributed by atoms with Crippen LogP contribution in [0.3, 0.4) is 0 Å². The lowest BCUT2D eigenvalue weighted by Gasteiger charge is -2.31. The van der Waals surface area contributed by atoms with Crippen molar-refractivity contribution in [2.45, 2.75) is 41.0 Å². The Balaban J connectivity index is 3.25. The van der Waals surface area contributed by atoms with Crippen LogP contribution in [0.25, 0.3) is 0 Å². The Kier molecular flexibility index (Phi) is 6.19. The molecule has 0 heterocycles. The molecule has 1 N–H and O–H groups in total. The summed E-state index contributed by atoms with van der Waals surface area (Å²) in [6.45, 7) is 10.4. The molecule has 23 heavy (non-hydrogen) atoms. The van der Waals surface area contributed by atoms with Crippen LogP contribution in [0, 0.1) is 5.41 Å². The number of ether oxygens (including phenoxy) is 2. The predicted molar refractivity (Wildman–Crippen MR) is 89.6 cm³/mol. The van der Waals surface area contributed by atoms with Gasteiger partial charge in [-0.05, 0) is 32.6 Å². The molecule has 5 heteroatoms. The van der Waals surface area contributed by atoms with E-state index in [0.29, 0.717) is 17.6 Å². The second kappa shape index (κ2) is 7.49. The average molecular weight is 321 g/mol. The van der Waals surface area contributed by atoms with Crippen LogP contribution >= 0.6 is 0 Å². The highest BCUT2D eigenvalue weighted by molar-refractivity contribution is 6.23. The molecule has 0 aromatic carbocycles. The molecule has 0 radical (unpaired) electrons. The molecule has 0 saturated heterocycles. The standard InChI is InChI=1S/C18H27NO4/c1-8-19-11(2)9-10-18(4,5)13-12(3)14(20)16(22-6)17(23-7)15(13)21/h9,19H,8,10H2,1-7H3/b11-9+. The first-order chi connectivity index (χ1) is 10.7.